The molecule has 0 amide bonds. The van der Waals surface area contributed by atoms with Crippen LogP contribution in [0.1, 0.15) is 19.0 Å². The van der Waals surface area contributed by atoms with E-state index in [1.807, 2.05) is 13.8 Å². The number of pyridine rings is 1. The number of anilines is 1. The van der Waals surface area contributed by atoms with Crippen LogP contribution in [0.25, 0.3) is 0 Å². The molecule has 0 aliphatic carbocycles. The molecule has 0 radical (unpaired) electrons. The number of aromatic nitrogens is 4. The monoisotopic (exact) mass is 279 g/mol. The van der Waals surface area contributed by atoms with Crippen LogP contribution in [0.2, 0.25) is 5.28 Å². The minimum absolute atomic E-state index is 0.0881. The highest BCUT2D eigenvalue weighted by Crippen LogP contribution is 2.21. The lowest BCUT2D eigenvalue weighted by Gasteiger charge is -2.08. The van der Waals surface area contributed by atoms with Crippen molar-refractivity contribution in [3.63, 3.8) is 0 Å². The zero-order valence-electron chi connectivity index (χ0n) is 10.7. The Labute approximate surface area is 116 Å². The SMILES string of the molecule is CCCNc1nc(Cl)nc(Oc2cccnc2C)n1. The third kappa shape index (κ3) is 3.75. The van der Waals surface area contributed by atoms with Gasteiger partial charge in [-0.3, -0.25) is 4.98 Å². The summed E-state index contributed by atoms with van der Waals surface area (Å²) in [7, 11) is 0. The van der Waals surface area contributed by atoms with Crippen molar-refractivity contribution in [2.75, 3.05) is 11.9 Å². The molecule has 0 unspecified atom stereocenters. The largest absolute Gasteiger partial charge is 0.422 e. The van der Waals surface area contributed by atoms with Crippen molar-refractivity contribution in [3.8, 4) is 11.8 Å². The maximum Gasteiger partial charge on any atom is 0.328 e. The van der Waals surface area contributed by atoms with Crippen molar-refractivity contribution >= 4 is 17.5 Å². The molecule has 100 valence electrons. The highest BCUT2D eigenvalue weighted by atomic mass is 35.5. The first kappa shape index (κ1) is 13.5. The molecule has 0 saturated heterocycles. The lowest BCUT2D eigenvalue weighted by atomic mass is 10.3. The van der Waals surface area contributed by atoms with Gasteiger partial charge < -0.3 is 10.1 Å². The molecule has 0 bridgehead atoms. The Kier molecular flexibility index (Phi) is 4.46. The minimum Gasteiger partial charge on any atom is -0.422 e. The van der Waals surface area contributed by atoms with Crippen molar-refractivity contribution in [2.24, 2.45) is 0 Å². The Morgan fingerprint density at radius 2 is 2.16 bits per heavy atom. The molecule has 6 nitrogen and oxygen atoms in total. The lowest BCUT2D eigenvalue weighted by molar-refractivity contribution is 0.434. The third-order valence-corrected chi connectivity index (χ3v) is 2.45. The van der Waals surface area contributed by atoms with Crippen LogP contribution in [0, 0.1) is 6.92 Å². The van der Waals surface area contributed by atoms with Crippen LogP contribution < -0.4 is 10.1 Å². The quantitative estimate of drug-likeness (QED) is 0.907. The number of hydrogen-bond acceptors (Lipinski definition) is 6. The number of hydrogen-bond donors (Lipinski definition) is 1. The number of aryl methyl sites for hydroxylation is 1. The Morgan fingerprint density at radius 3 is 2.89 bits per heavy atom. The fourth-order valence-corrected chi connectivity index (χ4v) is 1.52. The minimum atomic E-state index is 0.0881. The number of halogens is 1. The van der Waals surface area contributed by atoms with Gasteiger partial charge in [0.2, 0.25) is 11.2 Å². The van der Waals surface area contributed by atoms with E-state index in [0.29, 0.717) is 11.7 Å². The molecule has 2 rings (SSSR count). The summed E-state index contributed by atoms with van der Waals surface area (Å²) in [6.45, 7) is 4.65. The van der Waals surface area contributed by atoms with Gasteiger partial charge in [-0.25, -0.2) is 0 Å². The number of nitrogens with zero attached hydrogens (tertiary/aromatic N) is 4. The van der Waals surface area contributed by atoms with Crippen LogP contribution in [0.5, 0.6) is 11.8 Å². The second-order valence-corrected chi connectivity index (χ2v) is 4.16. The molecule has 0 fully saturated rings. The van der Waals surface area contributed by atoms with E-state index in [4.69, 9.17) is 16.3 Å². The highest BCUT2D eigenvalue weighted by molar-refractivity contribution is 6.28. The second-order valence-electron chi connectivity index (χ2n) is 3.83. The number of rotatable bonds is 5. The van der Waals surface area contributed by atoms with Crippen molar-refractivity contribution in [2.45, 2.75) is 20.3 Å². The van der Waals surface area contributed by atoms with E-state index in [-0.39, 0.29) is 11.3 Å². The van der Waals surface area contributed by atoms with Gasteiger partial charge in [0.15, 0.2) is 5.75 Å². The topological polar surface area (TPSA) is 72.8 Å². The molecule has 2 aromatic rings. The fraction of sp³-hybridized carbons (Fsp3) is 0.333. The summed E-state index contributed by atoms with van der Waals surface area (Å²) in [5.74, 6) is 0.990. The first-order chi connectivity index (χ1) is 9.19. The predicted molar refractivity (Wildman–Crippen MR) is 72.7 cm³/mol. The van der Waals surface area contributed by atoms with E-state index in [9.17, 15) is 0 Å². The molecule has 0 aliphatic heterocycles. The van der Waals surface area contributed by atoms with E-state index in [2.05, 4.69) is 25.3 Å². The normalized spacial score (nSPS) is 10.3. The summed E-state index contributed by atoms with van der Waals surface area (Å²) in [6, 6.07) is 3.72. The van der Waals surface area contributed by atoms with Crippen LogP contribution in [-0.2, 0) is 0 Å². The van der Waals surface area contributed by atoms with Gasteiger partial charge in [0.25, 0.3) is 0 Å². The van der Waals surface area contributed by atoms with E-state index in [0.717, 1.165) is 18.7 Å². The molecule has 0 spiro atoms. The van der Waals surface area contributed by atoms with Crippen LogP contribution in [0.4, 0.5) is 5.95 Å². The van der Waals surface area contributed by atoms with E-state index in [1.54, 1.807) is 18.3 Å². The highest BCUT2D eigenvalue weighted by Gasteiger charge is 2.08. The predicted octanol–water partition coefficient (Wildman–Crippen LogP) is 2.84. The number of ether oxygens (including phenoxy) is 1. The van der Waals surface area contributed by atoms with Gasteiger partial charge in [-0.2, -0.15) is 15.0 Å². The van der Waals surface area contributed by atoms with E-state index < -0.39 is 0 Å². The molecular weight excluding hydrogens is 266 g/mol. The molecule has 0 aliphatic rings. The second kappa shape index (κ2) is 6.29. The first-order valence-corrected chi connectivity index (χ1v) is 6.31. The molecule has 0 aromatic carbocycles. The van der Waals surface area contributed by atoms with E-state index >= 15 is 0 Å². The number of nitrogens with one attached hydrogen (secondary N) is 1. The molecule has 2 heterocycles. The zero-order chi connectivity index (χ0) is 13.7. The standard InChI is InChI=1S/C12H14ClN5O/c1-3-6-15-11-16-10(13)17-12(18-11)19-9-5-4-7-14-8(9)2/h4-5,7H,3,6H2,1-2H3,(H,15,16,17,18). The fourth-order valence-electron chi connectivity index (χ4n) is 1.37. The van der Waals surface area contributed by atoms with Gasteiger partial charge in [0.1, 0.15) is 0 Å². The summed E-state index contributed by atoms with van der Waals surface area (Å²) in [5, 5.41) is 3.12. The van der Waals surface area contributed by atoms with Gasteiger partial charge >= 0.3 is 6.01 Å². The van der Waals surface area contributed by atoms with Gasteiger partial charge in [-0.1, -0.05) is 6.92 Å². The maximum absolute atomic E-state index is 5.84. The third-order valence-electron chi connectivity index (χ3n) is 2.28. The van der Waals surface area contributed by atoms with Crippen molar-refractivity contribution in [3.05, 3.63) is 29.3 Å². The van der Waals surface area contributed by atoms with E-state index in [1.165, 1.54) is 0 Å². The molecule has 7 heteroatoms. The summed E-state index contributed by atoms with van der Waals surface area (Å²) < 4.78 is 5.56. The smallest absolute Gasteiger partial charge is 0.328 e. The van der Waals surface area contributed by atoms with Gasteiger partial charge in [-0.05, 0) is 37.1 Å². The molecule has 0 atom stereocenters. The first-order valence-electron chi connectivity index (χ1n) is 5.94. The average molecular weight is 280 g/mol. The zero-order valence-corrected chi connectivity index (χ0v) is 11.5. The molecule has 1 N–H and O–H groups in total. The van der Waals surface area contributed by atoms with Crippen molar-refractivity contribution in [1.29, 1.82) is 0 Å². The summed E-state index contributed by atoms with van der Waals surface area (Å²) >= 11 is 5.84. The summed E-state index contributed by atoms with van der Waals surface area (Å²) in [6.07, 6.45) is 2.65. The van der Waals surface area contributed by atoms with Crippen LogP contribution >= 0.6 is 11.6 Å². The molecule has 0 saturated carbocycles. The Bertz CT molecular complexity index is 564. The van der Waals surface area contributed by atoms with Gasteiger partial charge in [-0.15, -0.1) is 0 Å². The van der Waals surface area contributed by atoms with Crippen molar-refractivity contribution in [1.82, 2.24) is 19.9 Å². The lowest BCUT2D eigenvalue weighted by Crippen LogP contribution is -2.06. The van der Waals surface area contributed by atoms with Crippen LogP contribution in [-0.4, -0.2) is 26.5 Å². The molecular formula is C12H14ClN5O. The van der Waals surface area contributed by atoms with Crippen molar-refractivity contribution < 1.29 is 4.74 Å². The Morgan fingerprint density at radius 1 is 1.32 bits per heavy atom. The Hall–Kier alpha value is -1.95. The summed E-state index contributed by atoms with van der Waals surface area (Å²) in [5.41, 5.74) is 0.752. The summed E-state index contributed by atoms with van der Waals surface area (Å²) in [4.78, 5) is 16.2. The Balaban J connectivity index is 2.20. The average Bonchev–Trinajstić information content (AvgIpc) is 2.38. The molecule has 2 aromatic heterocycles. The molecule has 19 heavy (non-hydrogen) atoms. The van der Waals surface area contributed by atoms with Crippen LogP contribution in [0.15, 0.2) is 18.3 Å². The van der Waals surface area contributed by atoms with Gasteiger partial charge in [0.05, 0.1) is 5.69 Å². The maximum atomic E-state index is 5.84. The van der Waals surface area contributed by atoms with Gasteiger partial charge in [0, 0.05) is 12.7 Å². The van der Waals surface area contributed by atoms with Crippen LogP contribution in [0.3, 0.4) is 0 Å².